The van der Waals surface area contributed by atoms with E-state index in [1.165, 1.54) is 0 Å². The summed E-state index contributed by atoms with van der Waals surface area (Å²) in [7, 11) is 0. The first kappa shape index (κ1) is 27.6. The van der Waals surface area contributed by atoms with E-state index >= 15 is 0 Å². The quantitative estimate of drug-likeness (QED) is 0.0875. The molecule has 0 bridgehead atoms. The van der Waals surface area contributed by atoms with Gasteiger partial charge in [-0.3, -0.25) is 19.2 Å². The zero-order valence-corrected chi connectivity index (χ0v) is 17.1. The first-order valence-electron chi connectivity index (χ1n) is 9.10. The number of aliphatic hydroxyl groups excluding tert-OH is 1. The van der Waals surface area contributed by atoms with Crippen LogP contribution in [0.15, 0.2) is 0 Å². The minimum absolute atomic E-state index is 0.127. The van der Waals surface area contributed by atoms with Crippen molar-refractivity contribution in [2.24, 2.45) is 11.5 Å². The van der Waals surface area contributed by atoms with Gasteiger partial charge in [-0.25, -0.2) is 4.79 Å². The Kier molecular flexibility index (Phi) is 13.4. The topological polar surface area (TPSA) is 234 Å². The van der Waals surface area contributed by atoms with Crippen LogP contribution in [0, 0.1) is 0 Å². The van der Waals surface area contributed by atoms with Gasteiger partial charge in [-0.2, -0.15) is 12.6 Å². The molecular weight excluding hydrogens is 422 g/mol. The van der Waals surface area contributed by atoms with Gasteiger partial charge in [-0.15, -0.1) is 0 Å². The van der Waals surface area contributed by atoms with Gasteiger partial charge in [-0.1, -0.05) is 0 Å². The fraction of sp³-hybridized carbons (Fsp3) is 0.688. The summed E-state index contributed by atoms with van der Waals surface area (Å²) in [5.74, 6) is -5.72. The largest absolute Gasteiger partial charge is 0.481 e. The lowest BCUT2D eigenvalue weighted by Crippen LogP contribution is -2.58. The van der Waals surface area contributed by atoms with E-state index in [0.717, 1.165) is 0 Å². The van der Waals surface area contributed by atoms with Crippen molar-refractivity contribution in [1.29, 1.82) is 0 Å². The average Bonchev–Trinajstić information content (AvgIpc) is 2.69. The van der Waals surface area contributed by atoms with Gasteiger partial charge in [0.25, 0.3) is 0 Å². The normalized spacial score (nSPS) is 14.7. The van der Waals surface area contributed by atoms with Gasteiger partial charge < -0.3 is 42.7 Å². The van der Waals surface area contributed by atoms with E-state index in [1.54, 1.807) is 0 Å². The Hall–Kier alpha value is -2.42. The van der Waals surface area contributed by atoms with Crippen LogP contribution in [-0.4, -0.2) is 88.1 Å². The van der Waals surface area contributed by atoms with Crippen molar-refractivity contribution in [3.05, 3.63) is 0 Å². The minimum Gasteiger partial charge on any atom is -0.481 e. The van der Waals surface area contributed by atoms with Crippen LogP contribution in [0.2, 0.25) is 0 Å². The van der Waals surface area contributed by atoms with Crippen molar-refractivity contribution < 1.29 is 39.3 Å². The molecule has 10 N–H and O–H groups in total. The van der Waals surface area contributed by atoms with E-state index in [4.69, 9.17) is 21.7 Å². The zero-order valence-electron chi connectivity index (χ0n) is 16.2. The number of unbranched alkanes of at least 4 members (excludes halogenated alkanes) is 1. The monoisotopic (exact) mass is 451 g/mol. The second-order valence-electron chi connectivity index (χ2n) is 6.38. The summed E-state index contributed by atoms with van der Waals surface area (Å²) in [6, 6.07) is -5.46. The number of hydrogen-bond donors (Lipinski definition) is 9. The fourth-order valence-corrected chi connectivity index (χ4v) is 2.49. The van der Waals surface area contributed by atoms with E-state index in [2.05, 4.69) is 28.6 Å². The summed E-state index contributed by atoms with van der Waals surface area (Å²) < 4.78 is 0. The lowest BCUT2D eigenvalue weighted by Gasteiger charge is -2.23. The third-order valence-corrected chi connectivity index (χ3v) is 4.29. The van der Waals surface area contributed by atoms with Crippen LogP contribution in [0.5, 0.6) is 0 Å². The van der Waals surface area contributed by atoms with Crippen molar-refractivity contribution in [1.82, 2.24) is 16.0 Å². The molecule has 0 saturated carbocycles. The molecule has 0 aromatic rings. The highest BCUT2D eigenvalue weighted by Gasteiger charge is 2.30. The molecule has 30 heavy (non-hydrogen) atoms. The molecule has 4 unspecified atom stereocenters. The molecule has 0 heterocycles. The number of carboxylic acid groups (broad SMARTS) is 2. The fourth-order valence-electron chi connectivity index (χ4n) is 2.23. The Morgan fingerprint density at radius 3 is 1.87 bits per heavy atom. The third kappa shape index (κ3) is 10.4. The number of nitrogens with two attached hydrogens (primary N) is 2. The van der Waals surface area contributed by atoms with Crippen LogP contribution in [0.4, 0.5) is 0 Å². The molecule has 0 aliphatic heterocycles. The Bertz CT molecular complexity index is 620. The molecular formula is C16H29N5O8S. The van der Waals surface area contributed by atoms with Crippen molar-refractivity contribution in [3.63, 3.8) is 0 Å². The standard InChI is InChI=1S/C16H29N5O8S/c17-4-2-1-3-9(16(28)29)19-15(27)11(7-30)21-14(26)10(5-12(23)24)20-13(25)8(18)6-22/h8-11,22,30H,1-7,17-18H2,(H,19,27)(H,20,25)(H,21,26)(H,23,24)(H,28,29). The summed E-state index contributed by atoms with van der Waals surface area (Å²) in [6.45, 7) is -0.359. The number of nitrogens with one attached hydrogen (secondary N) is 3. The molecule has 0 aromatic heterocycles. The van der Waals surface area contributed by atoms with Crippen molar-refractivity contribution in [2.75, 3.05) is 18.9 Å². The zero-order chi connectivity index (χ0) is 23.3. The molecule has 0 radical (unpaired) electrons. The van der Waals surface area contributed by atoms with Gasteiger partial charge in [0.05, 0.1) is 13.0 Å². The third-order valence-electron chi connectivity index (χ3n) is 3.92. The second-order valence-corrected chi connectivity index (χ2v) is 6.74. The van der Waals surface area contributed by atoms with Gasteiger partial charge in [0.2, 0.25) is 17.7 Å². The maximum absolute atomic E-state index is 12.4. The van der Waals surface area contributed by atoms with Crippen molar-refractivity contribution in [3.8, 4) is 0 Å². The van der Waals surface area contributed by atoms with Crippen LogP contribution in [0.3, 0.4) is 0 Å². The molecule has 13 nitrogen and oxygen atoms in total. The van der Waals surface area contributed by atoms with E-state index in [0.29, 0.717) is 19.4 Å². The molecule has 14 heteroatoms. The number of carbonyl (C=O) groups excluding carboxylic acids is 3. The Balaban J connectivity index is 5.14. The van der Waals surface area contributed by atoms with Crippen molar-refractivity contribution in [2.45, 2.75) is 49.9 Å². The molecule has 0 fully saturated rings. The maximum atomic E-state index is 12.4. The van der Waals surface area contributed by atoms with Gasteiger partial charge in [0, 0.05) is 5.75 Å². The van der Waals surface area contributed by atoms with E-state index in [9.17, 15) is 29.1 Å². The summed E-state index contributed by atoms with van der Waals surface area (Å²) in [4.78, 5) is 58.8. The van der Waals surface area contributed by atoms with Crippen LogP contribution in [0.25, 0.3) is 0 Å². The molecule has 0 rings (SSSR count). The first-order valence-corrected chi connectivity index (χ1v) is 9.73. The number of rotatable bonds is 15. The van der Waals surface area contributed by atoms with Gasteiger partial charge in [-0.05, 0) is 25.8 Å². The van der Waals surface area contributed by atoms with Gasteiger partial charge >= 0.3 is 11.9 Å². The molecule has 0 aliphatic rings. The Morgan fingerprint density at radius 2 is 1.40 bits per heavy atom. The van der Waals surface area contributed by atoms with Crippen LogP contribution in [-0.2, 0) is 24.0 Å². The molecule has 4 atom stereocenters. The average molecular weight is 452 g/mol. The minimum atomic E-state index is -1.58. The number of amides is 3. The van der Waals surface area contributed by atoms with Gasteiger partial charge in [0.15, 0.2) is 0 Å². The van der Waals surface area contributed by atoms with Crippen molar-refractivity contribution >= 4 is 42.3 Å². The van der Waals surface area contributed by atoms with Gasteiger partial charge in [0.1, 0.15) is 24.2 Å². The molecule has 0 aliphatic carbocycles. The Labute approximate surface area is 178 Å². The predicted octanol–water partition coefficient (Wildman–Crippen LogP) is -3.62. The highest BCUT2D eigenvalue weighted by molar-refractivity contribution is 7.80. The van der Waals surface area contributed by atoms with Crippen LogP contribution < -0.4 is 27.4 Å². The number of aliphatic hydroxyl groups is 1. The smallest absolute Gasteiger partial charge is 0.326 e. The highest BCUT2D eigenvalue weighted by atomic mass is 32.1. The predicted molar refractivity (Wildman–Crippen MR) is 108 cm³/mol. The molecule has 172 valence electrons. The lowest BCUT2D eigenvalue weighted by molar-refractivity contribution is -0.143. The number of carboxylic acids is 2. The molecule has 0 aromatic carbocycles. The summed E-state index contributed by atoms with van der Waals surface area (Å²) in [6.07, 6.45) is 0.345. The first-order chi connectivity index (χ1) is 14.1. The summed E-state index contributed by atoms with van der Waals surface area (Å²) in [5, 5.41) is 33.6. The summed E-state index contributed by atoms with van der Waals surface area (Å²) >= 11 is 3.95. The molecule has 0 spiro atoms. The maximum Gasteiger partial charge on any atom is 0.326 e. The van der Waals surface area contributed by atoms with Crippen LogP contribution in [0.1, 0.15) is 25.7 Å². The summed E-state index contributed by atoms with van der Waals surface area (Å²) in [5.41, 5.74) is 10.7. The van der Waals surface area contributed by atoms with E-state index in [-0.39, 0.29) is 12.2 Å². The number of thiol groups is 1. The molecule has 0 saturated heterocycles. The SMILES string of the molecule is NCCCCC(NC(=O)C(CS)NC(=O)C(CC(=O)O)NC(=O)C(N)CO)C(=O)O. The highest BCUT2D eigenvalue weighted by Crippen LogP contribution is 2.03. The number of hydrogen-bond acceptors (Lipinski definition) is 9. The molecule has 3 amide bonds. The number of carbonyl (C=O) groups is 5. The van der Waals surface area contributed by atoms with Crippen LogP contribution >= 0.6 is 12.6 Å². The Morgan fingerprint density at radius 1 is 0.867 bits per heavy atom. The van der Waals surface area contributed by atoms with E-state index < -0.39 is 66.9 Å². The second kappa shape index (κ2) is 14.5. The lowest BCUT2D eigenvalue weighted by atomic mass is 10.1. The van der Waals surface area contributed by atoms with E-state index in [1.807, 2.05) is 0 Å². The number of aliphatic carboxylic acids is 2.